The highest BCUT2D eigenvalue weighted by Crippen LogP contribution is 2.24. The number of phenols is 1. The van der Waals surface area contributed by atoms with Gasteiger partial charge in [-0.15, -0.1) is 0 Å². The van der Waals surface area contributed by atoms with Gasteiger partial charge in [-0.3, -0.25) is 0 Å². The number of fused-ring (bicyclic) bond motifs is 1. The monoisotopic (exact) mass is 279 g/mol. The number of rotatable bonds is 3. The zero-order valence-corrected chi connectivity index (χ0v) is 12.1. The Hall–Kier alpha value is -2.68. The van der Waals surface area contributed by atoms with Crippen molar-refractivity contribution in [2.24, 2.45) is 0 Å². The fourth-order valence-corrected chi connectivity index (χ4v) is 2.18. The van der Waals surface area contributed by atoms with Crippen LogP contribution in [0.3, 0.4) is 0 Å². The molecule has 1 heterocycles. The van der Waals surface area contributed by atoms with Crippen LogP contribution in [0.2, 0.25) is 0 Å². The molecule has 3 aromatic rings. The van der Waals surface area contributed by atoms with Crippen LogP contribution in [0.1, 0.15) is 11.3 Å². The lowest BCUT2D eigenvalue weighted by Gasteiger charge is -2.11. The summed E-state index contributed by atoms with van der Waals surface area (Å²) in [5.74, 6) is 0.985. The third-order valence-electron chi connectivity index (χ3n) is 3.37. The first-order chi connectivity index (χ1) is 10.1. The van der Waals surface area contributed by atoms with E-state index in [1.807, 2.05) is 38.4 Å². The van der Waals surface area contributed by atoms with Crippen molar-refractivity contribution >= 4 is 28.8 Å². The van der Waals surface area contributed by atoms with Crippen molar-refractivity contribution in [2.75, 3.05) is 19.0 Å². The zero-order valence-electron chi connectivity index (χ0n) is 12.1. The number of furan rings is 1. The molecule has 106 valence electrons. The Balaban J connectivity index is 1.83. The van der Waals surface area contributed by atoms with E-state index in [1.54, 1.807) is 12.1 Å². The van der Waals surface area contributed by atoms with Gasteiger partial charge in [0.2, 0.25) is 0 Å². The molecule has 3 nitrogen and oxygen atoms in total. The summed E-state index contributed by atoms with van der Waals surface area (Å²) in [5, 5.41) is 10.4. The van der Waals surface area contributed by atoms with Gasteiger partial charge in [0.1, 0.15) is 17.1 Å². The third-order valence-corrected chi connectivity index (χ3v) is 3.37. The van der Waals surface area contributed by atoms with Crippen molar-refractivity contribution in [1.82, 2.24) is 0 Å². The van der Waals surface area contributed by atoms with Crippen molar-refractivity contribution in [1.29, 1.82) is 0 Å². The van der Waals surface area contributed by atoms with E-state index in [9.17, 15) is 5.11 Å². The number of hydrogen-bond acceptors (Lipinski definition) is 3. The molecule has 3 rings (SSSR count). The molecule has 0 unspecified atom stereocenters. The minimum Gasteiger partial charge on any atom is -0.508 e. The van der Waals surface area contributed by atoms with Gasteiger partial charge in [0.15, 0.2) is 0 Å². The second-order valence-electron chi connectivity index (χ2n) is 5.19. The van der Waals surface area contributed by atoms with Gasteiger partial charge >= 0.3 is 0 Å². The van der Waals surface area contributed by atoms with Crippen molar-refractivity contribution in [3.05, 3.63) is 59.9 Å². The van der Waals surface area contributed by atoms with Crippen LogP contribution in [-0.2, 0) is 0 Å². The summed E-state index contributed by atoms with van der Waals surface area (Å²) in [6.07, 6.45) is 3.94. The van der Waals surface area contributed by atoms with Crippen molar-refractivity contribution in [3.63, 3.8) is 0 Å². The summed E-state index contributed by atoms with van der Waals surface area (Å²) in [4.78, 5) is 2.07. The lowest BCUT2D eigenvalue weighted by Crippen LogP contribution is -2.07. The van der Waals surface area contributed by atoms with Crippen LogP contribution in [-0.4, -0.2) is 19.2 Å². The highest BCUT2D eigenvalue weighted by atomic mass is 16.3. The Kier molecular flexibility index (Phi) is 3.40. The van der Waals surface area contributed by atoms with Gasteiger partial charge in [0.05, 0.1) is 0 Å². The second kappa shape index (κ2) is 5.37. The summed E-state index contributed by atoms with van der Waals surface area (Å²) < 4.78 is 5.68. The first-order valence-electron chi connectivity index (χ1n) is 6.80. The summed E-state index contributed by atoms with van der Waals surface area (Å²) in [6.45, 7) is 0. The quantitative estimate of drug-likeness (QED) is 0.773. The van der Waals surface area contributed by atoms with E-state index in [1.165, 1.54) is 5.69 Å². The van der Waals surface area contributed by atoms with Crippen LogP contribution < -0.4 is 4.90 Å². The molecule has 1 N–H and O–H groups in total. The number of benzene rings is 2. The van der Waals surface area contributed by atoms with Crippen molar-refractivity contribution in [3.8, 4) is 5.75 Å². The number of aromatic hydroxyl groups is 1. The van der Waals surface area contributed by atoms with E-state index < -0.39 is 0 Å². The predicted molar refractivity (Wildman–Crippen MR) is 87.6 cm³/mol. The molecule has 3 heteroatoms. The van der Waals surface area contributed by atoms with E-state index in [4.69, 9.17) is 4.42 Å². The van der Waals surface area contributed by atoms with E-state index in [0.717, 1.165) is 16.7 Å². The average Bonchev–Trinajstić information content (AvgIpc) is 2.87. The highest BCUT2D eigenvalue weighted by molar-refractivity contribution is 5.82. The van der Waals surface area contributed by atoms with Crippen LogP contribution in [0.25, 0.3) is 23.1 Å². The molecular formula is C18H17NO2. The van der Waals surface area contributed by atoms with Gasteiger partial charge in [-0.05, 0) is 42.0 Å². The van der Waals surface area contributed by atoms with Gasteiger partial charge in [0.25, 0.3) is 0 Å². The smallest absolute Gasteiger partial charge is 0.138 e. The molecule has 0 bridgehead atoms. The van der Waals surface area contributed by atoms with Gasteiger partial charge in [0, 0.05) is 31.2 Å². The molecule has 0 aliphatic rings. The van der Waals surface area contributed by atoms with Gasteiger partial charge in [-0.2, -0.15) is 0 Å². The SMILES string of the molecule is CN(C)c1ccc(/C=C/c2cc3ccc(O)cc3o2)cc1. The van der Waals surface area contributed by atoms with Gasteiger partial charge < -0.3 is 14.4 Å². The summed E-state index contributed by atoms with van der Waals surface area (Å²) in [7, 11) is 4.04. The van der Waals surface area contributed by atoms with E-state index in [0.29, 0.717) is 5.58 Å². The normalized spacial score (nSPS) is 11.3. The Morgan fingerprint density at radius 1 is 0.952 bits per heavy atom. The topological polar surface area (TPSA) is 36.6 Å². The second-order valence-corrected chi connectivity index (χ2v) is 5.19. The molecule has 0 aliphatic heterocycles. The molecule has 21 heavy (non-hydrogen) atoms. The molecular weight excluding hydrogens is 262 g/mol. The lowest BCUT2D eigenvalue weighted by molar-refractivity contribution is 0.474. The van der Waals surface area contributed by atoms with E-state index in [-0.39, 0.29) is 5.75 Å². The highest BCUT2D eigenvalue weighted by Gasteiger charge is 2.02. The largest absolute Gasteiger partial charge is 0.508 e. The molecule has 0 spiro atoms. The molecule has 0 fully saturated rings. The summed E-state index contributed by atoms with van der Waals surface area (Å²) in [6, 6.07) is 15.4. The predicted octanol–water partition coefficient (Wildman–Crippen LogP) is 4.37. The van der Waals surface area contributed by atoms with Crippen LogP contribution in [0.15, 0.2) is 52.9 Å². The standard InChI is InChI=1S/C18H17NO2/c1-19(2)15-7-3-13(4-8-15)5-10-17-11-14-6-9-16(20)12-18(14)21-17/h3-12,20H,1-2H3/b10-5+. The number of anilines is 1. The molecule has 2 aromatic carbocycles. The summed E-state index contributed by atoms with van der Waals surface area (Å²) in [5.41, 5.74) is 2.98. The fraction of sp³-hybridized carbons (Fsp3) is 0.111. The maximum absolute atomic E-state index is 9.44. The van der Waals surface area contributed by atoms with Crippen molar-refractivity contribution < 1.29 is 9.52 Å². The zero-order chi connectivity index (χ0) is 14.8. The van der Waals surface area contributed by atoms with Gasteiger partial charge in [-0.1, -0.05) is 18.2 Å². The maximum Gasteiger partial charge on any atom is 0.138 e. The Morgan fingerprint density at radius 3 is 2.43 bits per heavy atom. The molecule has 0 amide bonds. The molecule has 0 saturated heterocycles. The molecule has 0 atom stereocenters. The van der Waals surface area contributed by atoms with E-state index >= 15 is 0 Å². The van der Waals surface area contributed by atoms with Crippen LogP contribution in [0.5, 0.6) is 5.75 Å². The van der Waals surface area contributed by atoms with Crippen molar-refractivity contribution in [2.45, 2.75) is 0 Å². The fourth-order valence-electron chi connectivity index (χ4n) is 2.18. The van der Waals surface area contributed by atoms with Gasteiger partial charge in [-0.25, -0.2) is 0 Å². The Labute approximate surface area is 123 Å². The first kappa shape index (κ1) is 13.3. The van der Waals surface area contributed by atoms with Crippen LogP contribution >= 0.6 is 0 Å². The minimum absolute atomic E-state index is 0.214. The molecule has 0 saturated carbocycles. The Bertz CT molecular complexity index is 783. The summed E-state index contributed by atoms with van der Waals surface area (Å²) >= 11 is 0. The maximum atomic E-state index is 9.44. The molecule has 0 radical (unpaired) electrons. The number of hydrogen-bond donors (Lipinski definition) is 1. The Morgan fingerprint density at radius 2 is 1.71 bits per heavy atom. The number of nitrogens with zero attached hydrogens (tertiary/aromatic N) is 1. The van der Waals surface area contributed by atoms with E-state index in [2.05, 4.69) is 29.2 Å². The number of phenolic OH excluding ortho intramolecular Hbond substituents is 1. The minimum atomic E-state index is 0.214. The van der Waals surface area contributed by atoms with Crippen LogP contribution in [0.4, 0.5) is 5.69 Å². The molecule has 1 aromatic heterocycles. The average molecular weight is 279 g/mol. The van der Waals surface area contributed by atoms with Crippen LogP contribution in [0, 0.1) is 0 Å². The third kappa shape index (κ3) is 2.92. The first-order valence-corrected chi connectivity index (χ1v) is 6.80. The molecule has 0 aliphatic carbocycles. The lowest BCUT2D eigenvalue weighted by atomic mass is 10.2.